The number of carbonyl (C=O) groups is 1. The average Bonchev–Trinajstić information content (AvgIpc) is 2.53. The van der Waals surface area contributed by atoms with Crippen LogP contribution in [0.25, 0.3) is 0 Å². The Morgan fingerprint density at radius 1 is 1.08 bits per heavy atom. The van der Waals surface area contributed by atoms with E-state index in [1.165, 1.54) is 4.31 Å². The number of nitrogens with one attached hydrogen (secondary N) is 1. The van der Waals surface area contributed by atoms with Crippen molar-refractivity contribution in [1.82, 2.24) is 0 Å². The molecule has 2 rings (SSSR count). The predicted octanol–water partition coefficient (Wildman–Crippen LogP) is 3.80. The van der Waals surface area contributed by atoms with Gasteiger partial charge >= 0.3 is 0 Å². The minimum absolute atomic E-state index is 0.341. The first-order chi connectivity index (χ1) is 12.1. The van der Waals surface area contributed by atoms with E-state index in [-0.39, 0.29) is 5.91 Å². The number of hydrogen-bond donors (Lipinski definition) is 1. The Hall–Kier alpha value is -2.34. The zero-order valence-electron chi connectivity index (χ0n) is 15.9. The van der Waals surface area contributed by atoms with Crippen LogP contribution in [0.2, 0.25) is 0 Å². The average molecular weight is 375 g/mol. The molecule has 1 atom stereocenters. The Morgan fingerprint density at radius 3 is 2.27 bits per heavy atom. The molecule has 0 aliphatic rings. The lowest BCUT2D eigenvalue weighted by molar-refractivity contribution is -0.117. The molecular formula is C20H26N2O3S. The second-order valence-corrected chi connectivity index (χ2v) is 8.49. The maximum Gasteiger partial charge on any atom is 0.248 e. The van der Waals surface area contributed by atoms with E-state index in [1.807, 2.05) is 45.0 Å². The van der Waals surface area contributed by atoms with Crippen LogP contribution in [0, 0.1) is 20.8 Å². The summed E-state index contributed by atoms with van der Waals surface area (Å²) >= 11 is 0. The van der Waals surface area contributed by atoms with Crippen molar-refractivity contribution >= 4 is 27.3 Å². The van der Waals surface area contributed by atoms with E-state index in [0.717, 1.165) is 22.9 Å². The molecule has 0 radical (unpaired) electrons. The number of aryl methyl sites for hydroxylation is 3. The fraction of sp³-hybridized carbons (Fsp3) is 0.350. The topological polar surface area (TPSA) is 66.5 Å². The van der Waals surface area contributed by atoms with E-state index in [4.69, 9.17) is 0 Å². The number of rotatable bonds is 6. The highest BCUT2D eigenvalue weighted by Crippen LogP contribution is 2.25. The van der Waals surface area contributed by atoms with Crippen LogP contribution in [0.3, 0.4) is 0 Å². The summed E-state index contributed by atoms with van der Waals surface area (Å²) in [6, 6.07) is 12.1. The number of amides is 1. The van der Waals surface area contributed by atoms with Crippen LogP contribution in [0.5, 0.6) is 0 Å². The Kier molecular flexibility index (Phi) is 6.08. The van der Waals surface area contributed by atoms with Crippen molar-refractivity contribution in [3.63, 3.8) is 0 Å². The molecule has 0 saturated carbocycles. The van der Waals surface area contributed by atoms with Crippen LogP contribution in [-0.2, 0) is 14.8 Å². The van der Waals surface area contributed by atoms with Gasteiger partial charge < -0.3 is 5.32 Å². The molecule has 0 saturated heterocycles. The largest absolute Gasteiger partial charge is 0.324 e. The van der Waals surface area contributed by atoms with Gasteiger partial charge in [-0.25, -0.2) is 8.42 Å². The molecular weight excluding hydrogens is 348 g/mol. The molecule has 0 heterocycles. The summed E-state index contributed by atoms with van der Waals surface area (Å²) in [5.74, 6) is -0.341. The standard InChI is InChI=1S/C20H26N2O3S/c1-6-19(20(23)21-18-11-10-15(3)12-16(18)4)22(26(5,24)25)17-9-7-8-14(2)13-17/h7-13,19H,6H2,1-5H3,(H,21,23). The summed E-state index contributed by atoms with van der Waals surface area (Å²) in [5, 5.41) is 2.88. The lowest BCUT2D eigenvalue weighted by Crippen LogP contribution is -2.47. The summed E-state index contributed by atoms with van der Waals surface area (Å²) < 4.78 is 26.1. The SMILES string of the molecule is CCC(C(=O)Nc1ccc(C)cc1C)N(c1cccc(C)c1)S(C)(=O)=O. The van der Waals surface area contributed by atoms with Gasteiger partial charge in [0.1, 0.15) is 6.04 Å². The van der Waals surface area contributed by atoms with Gasteiger partial charge in [-0.3, -0.25) is 9.10 Å². The molecule has 2 aromatic carbocycles. The highest BCUT2D eigenvalue weighted by molar-refractivity contribution is 7.92. The van der Waals surface area contributed by atoms with Crippen molar-refractivity contribution in [2.45, 2.75) is 40.2 Å². The quantitative estimate of drug-likeness (QED) is 0.836. The third-order valence-corrected chi connectivity index (χ3v) is 5.41. The predicted molar refractivity (Wildman–Crippen MR) is 107 cm³/mol. The molecule has 0 fully saturated rings. The van der Waals surface area contributed by atoms with E-state index in [2.05, 4.69) is 5.32 Å². The van der Waals surface area contributed by atoms with Crippen molar-refractivity contribution < 1.29 is 13.2 Å². The summed E-state index contributed by atoms with van der Waals surface area (Å²) in [6.07, 6.45) is 1.49. The molecule has 1 N–H and O–H groups in total. The molecule has 26 heavy (non-hydrogen) atoms. The Balaban J connectivity index is 2.40. The molecule has 2 aromatic rings. The molecule has 0 spiro atoms. The monoisotopic (exact) mass is 374 g/mol. The number of hydrogen-bond acceptors (Lipinski definition) is 3. The smallest absolute Gasteiger partial charge is 0.248 e. The normalized spacial score (nSPS) is 12.5. The van der Waals surface area contributed by atoms with Gasteiger partial charge in [-0.1, -0.05) is 36.8 Å². The van der Waals surface area contributed by atoms with Crippen LogP contribution in [-0.4, -0.2) is 26.6 Å². The lowest BCUT2D eigenvalue weighted by Gasteiger charge is -2.30. The zero-order chi connectivity index (χ0) is 19.5. The Labute approximate surface area is 156 Å². The summed E-state index contributed by atoms with van der Waals surface area (Å²) in [4.78, 5) is 12.9. The van der Waals surface area contributed by atoms with Gasteiger partial charge in [-0.2, -0.15) is 0 Å². The van der Waals surface area contributed by atoms with Gasteiger partial charge in [0.05, 0.1) is 11.9 Å². The second kappa shape index (κ2) is 7.91. The third-order valence-electron chi connectivity index (χ3n) is 4.23. The highest BCUT2D eigenvalue weighted by Gasteiger charge is 2.31. The number of carbonyl (C=O) groups excluding carboxylic acids is 1. The van der Waals surface area contributed by atoms with Crippen molar-refractivity contribution in [1.29, 1.82) is 0 Å². The minimum atomic E-state index is -3.63. The molecule has 6 heteroatoms. The summed E-state index contributed by atoms with van der Waals surface area (Å²) in [5.41, 5.74) is 4.16. The van der Waals surface area contributed by atoms with E-state index >= 15 is 0 Å². The van der Waals surface area contributed by atoms with E-state index < -0.39 is 16.1 Å². The Bertz CT molecular complexity index is 907. The van der Waals surface area contributed by atoms with Gasteiger partial charge in [0.25, 0.3) is 0 Å². The molecule has 0 bridgehead atoms. The number of nitrogens with zero attached hydrogens (tertiary/aromatic N) is 1. The first-order valence-corrected chi connectivity index (χ1v) is 10.4. The van der Waals surface area contributed by atoms with E-state index in [0.29, 0.717) is 17.8 Å². The summed E-state index contributed by atoms with van der Waals surface area (Å²) in [7, 11) is -3.63. The number of benzene rings is 2. The first kappa shape index (κ1) is 20.0. The van der Waals surface area contributed by atoms with Crippen molar-refractivity contribution in [3.8, 4) is 0 Å². The fourth-order valence-corrected chi connectivity index (χ4v) is 4.20. The van der Waals surface area contributed by atoms with Crippen LogP contribution in [0.1, 0.15) is 30.0 Å². The van der Waals surface area contributed by atoms with Crippen LogP contribution in [0.15, 0.2) is 42.5 Å². The molecule has 5 nitrogen and oxygen atoms in total. The molecule has 1 amide bonds. The van der Waals surface area contributed by atoms with Crippen molar-refractivity contribution in [2.75, 3.05) is 15.9 Å². The number of sulfonamides is 1. The first-order valence-electron chi connectivity index (χ1n) is 8.57. The maximum absolute atomic E-state index is 12.9. The van der Waals surface area contributed by atoms with E-state index in [9.17, 15) is 13.2 Å². The number of anilines is 2. The van der Waals surface area contributed by atoms with Gasteiger partial charge in [-0.15, -0.1) is 0 Å². The van der Waals surface area contributed by atoms with Crippen LogP contribution < -0.4 is 9.62 Å². The summed E-state index contributed by atoms with van der Waals surface area (Å²) in [6.45, 7) is 7.59. The fourth-order valence-electron chi connectivity index (χ4n) is 3.00. The van der Waals surface area contributed by atoms with Crippen LogP contribution in [0.4, 0.5) is 11.4 Å². The van der Waals surface area contributed by atoms with E-state index in [1.54, 1.807) is 25.1 Å². The van der Waals surface area contributed by atoms with Crippen LogP contribution >= 0.6 is 0 Å². The maximum atomic E-state index is 12.9. The van der Waals surface area contributed by atoms with Gasteiger partial charge in [0.15, 0.2) is 0 Å². The zero-order valence-corrected chi connectivity index (χ0v) is 16.7. The minimum Gasteiger partial charge on any atom is -0.324 e. The second-order valence-electron chi connectivity index (χ2n) is 6.63. The highest BCUT2D eigenvalue weighted by atomic mass is 32.2. The molecule has 1 unspecified atom stereocenters. The van der Waals surface area contributed by atoms with Gasteiger partial charge in [0, 0.05) is 5.69 Å². The third kappa shape index (κ3) is 4.64. The van der Waals surface area contributed by atoms with Crippen molar-refractivity contribution in [3.05, 3.63) is 59.2 Å². The molecule has 0 aliphatic heterocycles. The molecule has 0 aliphatic carbocycles. The lowest BCUT2D eigenvalue weighted by atomic mass is 10.1. The van der Waals surface area contributed by atoms with Crippen molar-refractivity contribution in [2.24, 2.45) is 0 Å². The molecule has 0 aromatic heterocycles. The Morgan fingerprint density at radius 2 is 1.73 bits per heavy atom. The molecule has 140 valence electrons. The van der Waals surface area contributed by atoms with Gasteiger partial charge in [-0.05, 0) is 56.5 Å². The van der Waals surface area contributed by atoms with Gasteiger partial charge in [0.2, 0.25) is 15.9 Å².